The van der Waals surface area contributed by atoms with Gasteiger partial charge in [0.2, 0.25) is 0 Å². The zero-order valence-corrected chi connectivity index (χ0v) is 11.1. The van der Waals surface area contributed by atoms with Crippen LogP contribution in [-0.2, 0) is 4.74 Å². The van der Waals surface area contributed by atoms with Gasteiger partial charge in [-0.3, -0.25) is 0 Å². The van der Waals surface area contributed by atoms with E-state index in [0.29, 0.717) is 0 Å². The Hall–Kier alpha value is -1.58. The quantitative estimate of drug-likeness (QED) is 0.899. The molecular weight excluding hydrogens is 238 g/mol. The molecule has 0 aromatic heterocycles. The Morgan fingerprint density at radius 2 is 1.95 bits per heavy atom. The Morgan fingerprint density at radius 3 is 2.68 bits per heavy atom. The Morgan fingerprint density at radius 1 is 1.16 bits per heavy atom. The lowest BCUT2D eigenvalue weighted by molar-refractivity contribution is 0.00102. The molecule has 0 bridgehead atoms. The summed E-state index contributed by atoms with van der Waals surface area (Å²) in [6.07, 6.45) is 2.06. The van der Waals surface area contributed by atoms with Crippen molar-refractivity contribution in [3.05, 3.63) is 42.0 Å². The van der Waals surface area contributed by atoms with Gasteiger partial charge in [-0.2, -0.15) is 0 Å². The molecule has 3 heteroatoms. The highest BCUT2D eigenvalue weighted by molar-refractivity contribution is 5.91. The minimum atomic E-state index is -0.00967. The lowest BCUT2D eigenvalue weighted by Crippen LogP contribution is -2.34. The molecule has 100 valence electrons. The molecular formula is C16H19NO2. The number of hydrogen-bond acceptors (Lipinski definition) is 3. The third kappa shape index (κ3) is 2.20. The lowest BCUT2D eigenvalue weighted by atomic mass is 9.92. The molecule has 1 fully saturated rings. The van der Waals surface area contributed by atoms with Crippen LogP contribution < -0.4 is 10.5 Å². The number of hydrogen-bond donors (Lipinski definition) is 1. The van der Waals surface area contributed by atoms with E-state index in [2.05, 4.69) is 18.2 Å². The van der Waals surface area contributed by atoms with Gasteiger partial charge in [0.05, 0.1) is 13.2 Å². The molecule has 2 aromatic rings. The Kier molecular flexibility index (Phi) is 3.40. The minimum Gasteiger partial charge on any atom is -0.496 e. The molecule has 2 atom stereocenters. The van der Waals surface area contributed by atoms with Crippen molar-refractivity contribution in [2.24, 2.45) is 5.73 Å². The molecule has 0 aliphatic carbocycles. The number of ether oxygens (including phenoxy) is 2. The summed E-state index contributed by atoms with van der Waals surface area (Å²) in [7, 11) is 1.70. The van der Waals surface area contributed by atoms with Gasteiger partial charge >= 0.3 is 0 Å². The molecule has 3 rings (SSSR count). The predicted molar refractivity (Wildman–Crippen MR) is 76.4 cm³/mol. The standard InChI is InChI=1S/C16H19NO2/c1-18-15-9-8-13(11-5-2-3-6-12(11)15)16-14(17)7-4-10-19-16/h2-3,5-6,8-9,14,16H,4,7,10,17H2,1H3. The van der Waals surface area contributed by atoms with Crippen LogP contribution in [0.2, 0.25) is 0 Å². The third-order valence-electron chi connectivity index (χ3n) is 3.81. The van der Waals surface area contributed by atoms with Gasteiger partial charge in [-0.1, -0.05) is 30.3 Å². The van der Waals surface area contributed by atoms with E-state index in [1.165, 1.54) is 10.9 Å². The van der Waals surface area contributed by atoms with Crippen molar-refractivity contribution in [1.82, 2.24) is 0 Å². The summed E-state index contributed by atoms with van der Waals surface area (Å²) < 4.78 is 11.3. The maximum absolute atomic E-state index is 6.22. The van der Waals surface area contributed by atoms with Crippen molar-refractivity contribution in [2.45, 2.75) is 25.0 Å². The Labute approximate surface area is 113 Å². The van der Waals surface area contributed by atoms with Gasteiger partial charge in [0.15, 0.2) is 0 Å². The second-order valence-electron chi connectivity index (χ2n) is 5.00. The van der Waals surface area contributed by atoms with Crippen molar-refractivity contribution in [3.63, 3.8) is 0 Å². The summed E-state index contributed by atoms with van der Waals surface area (Å²) in [6.45, 7) is 0.790. The van der Waals surface area contributed by atoms with Crippen LogP contribution in [0.15, 0.2) is 36.4 Å². The van der Waals surface area contributed by atoms with E-state index in [0.717, 1.165) is 30.6 Å². The average molecular weight is 257 g/mol. The summed E-state index contributed by atoms with van der Waals surface area (Å²) >= 11 is 0. The van der Waals surface area contributed by atoms with E-state index in [9.17, 15) is 0 Å². The SMILES string of the molecule is COc1ccc(C2OCCCC2N)c2ccccc12. The first-order valence-electron chi connectivity index (χ1n) is 6.74. The van der Waals surface area contributed by atoms with Gasteiger partial charge in [-0.05, 0) is 29.9 Å². The van der Waals surface area contributed by atoms with E-state index in [1.54, 1.807) is 7.11 Å². The van der Waals surface area contributed by atoms with Gasteiger partial charge in [-0.25, -0.2) is 0 Å². The number of fused-ring (bicyclic) bond motifs is 1. The molecule has 1 aliphatic heterocycles. The molecule has 0 radical (unpaired) electrons. The molecule has 0 saturated carbocycles. The van der Waals surface area contributed by atoms with Crippen molar-refractivity contribution in [3.8, 4) is 5.75 Å². The van der Waals surface area contributed by atoms with Crippen LogP contribution in [0.5, 0.6) is 5.75 Å². The largest absolute Gasteiger partial charge is 0.496 e. The fourth-order valence-electron chi connectivity index (χ4n) is 2.85. The molecule has 1 heterocycles. The minimum absolute atomic E-state index is 0.00967. The number of methoxy groups -OCH3 is 1. The van der Waals surface area contributed by atoms with Crippen molar-refractivity contribution < 1.29 is 9.47 Å². The summed E-state index contributed by atoms with van der Waals surface area (Å²) in [5.74, 6) is 0.892. The molecule has 2 N–H and O–H groups in total. The van der Waals surface area contributed by atoms with Crippen LogP contribution in [0.25, 0.3) is 10.8 Å². The average Bonchev–Trinajstić information content (AvgIpc) is 2.47. The van der Waals surface area contributed by atoms with Crippen LogP contribution >= 0.6 is 0 Å². The first kappa shape index (κ1) is 12.5. The summed E-state index contributed by atoms with van der Waals surface area (Å²) in [4.78, 5) is 0. The summed E-state index contributed by atoms with van der Waals surface area (Å²) in [6, 6.07) is 12.4. The van der Waals surface area contributed by atoms with Gasteiger partial charge in [0, 0.05) is 18.0 Å². The van der Waals surface area contributed by atoms with Gasteiger partial charge < -0.3 is 15.2 Å². The van der Waals surface area contributed by atoms with Crippen LogP contribution in [0.1, 0.15) is 24.5 Å². The molecule has 19 heavy (non-hydrogen) atoms. The van der Waals surface area contributed by atoms with Crippen LogP contribution in [0.3, 0.4) is 0 Å². The van der Waals surface area contributed by atoms with E-state index < -0.39 is 0 Å². The van der Waals surface area contributed by atoms with E-state index in [1.807, 2.05) is 18.2 Å². The number of benzene rings is 2. The molecule has 0 spiro atoms. The Bertz CT molecular complexity index is 582. The topological polar surface area (TPSA) is 44.5 Å². The van der Waals surface area contributed by atoms with E-state index in [-0.39, 0.29) is 12.1 Å². The monoisotopic (exact) mass is 257 g/mol. The predicted octanol–water partition coefficient (Wildman–Crippen LogP) is 3.03. The first-order chi connectivity index (χ1) is 9.31. The zero-order chi connectivity index (χ0) is 13.2. The second kappa shape index (κ2) is 5.19. The van der Waals surface area contributed by atoms with Crippen molar-refractivity contribution in [1.29, 1.82) is 0 Å². The van der Waals surface area contributed by atoms with Crippen LogP contribution in [0, 0.1) is 0 Å². The van der Waals surface area contributed by atoms with Crippen molar-refractivity contribution >= 4 is 10.8 Å². The van der Waals surface area contributed by atoms with Crippen LogP contribution in [0.4, 0.5) is 0 Å². The highest BCUT2D eigenvalue weighted by Gasteiger charge is 2.26. The summed E-state index contributed by atoms with van der Waals surface area (Å²) in [5, 5.41) is 2.29. The maximum Gasteiger partial charge on any atom is 0.126 e. The fourth-order valence-corrected chi connectivity index (χ4v) is 2.85. The molecule has 3 nitrogen and oxygen atoms in total. The van der Waals surface area contributed by atoms with Crippen molar-refractivity contribution in [2.75, 3.05) is 13.7 Å². The second-order valence-corrected chi connectivity index (χ2v) is 5.00. The maximum atomic E-state index is 6.22. The third-order valence-corrected chi connectivity index (χ3v) is 3.81. The Balaban J connectivity index is 2.13. The van der Waals surface area contributed by atoms with Gasteiger partial charge in [0.25, 0.3) is 0 Å². The highest BCUT2D eigenvalue weighted by Crippen LogP contribution is 2.35. The fraction of sp³-hybridized carbons (Fsp3) is 0.375. The number of nitrogens with two attached hydrogens (primary N) is 1. The smallest absolute Gasteiger partial charge is 0.126 e. The molecule has 0 amide bonds. The number of rotatable bonds is 2. The van der Waals surface area contributed by atoms with Crippen LogP contribution in [-0.4, -0.2) is 19.8 Å². The molecule has 1 saturated heterocycles. The zero-order valence-electron chi connectivity index (χ0n) is 11.1. The molecule has 2 unspecified atom stereocenters. The van der Waals surface area contributed by atoms with Gasteiger partial charge in [0.1, 0.15) is 5.75 Å². The lowest BCUT2D eigenvalue weighted by Gasteiger charge is -2.30. The first-order valence-corrected chi connectivity index (χ1v) is 6.74. The van der Waals surface area contributed by atoms with Gasteiger partial charge in [-0.15, -0.1) is 0 Å². The molecule has 2 aromatic carbocycles. The highest BCUT2D eigenvalue weighted by atomic mass is 16.5. The molecule has 1 aliphatic rings. The van der Waals surface area contributed by atoms with E-state index >= 15 is 0 Å². The normalized spacial score (nSPS) is 23.5. The summed E-state index contributed by atoms with van der Waals surface area (Å²) in [5.41, 5.74) is 7.39. The van der Waals surface area contributed by atoms with E-state index in [4.69, 9.17) is 15.2 Å².